The summed E-state index contributed by atoms with van der Waals surface area (Å²) in [7, 11) is 0. The van der Waals surface area contributed by atoms with Gasteiger partial charge in [0.15, 0.2) is 11.5 Å². The number of pyridine rings is 2. The lowest BCUT2D eigenvalue weighted by Crippen LogP contribution is -2.29. The summed E-state index contributed by atoms with van der Waals surface area (Å²) in [5.74, 6) is 3.38. The van der Waals surface area contributed by atoms with Crippen LogP contribution in [0.4, 0.5) is 11.6 Å². The second-order valence-corrected chi connectivity index (χ2v) is 11.7. The summed E-state index contributed by atoms with van der Waals surface area (Å²) < 4.78 is 2.08. The molecule has 8 rings (SSSR count). The first-order valence-electron chi connectivity index (χ1n) is 15.1. The summed E-state index contributed by atoms with van der Waals surface area (Å²) >= 11 is 0. The van der Waals surface area contributed by atoms with Crippen LogP contribution in [-0.2, 0) is 6.54 Å². The van der Waals surface area contributed by atoms with Crippen molar-refractivity contribution < 1.29 is 0 Å². The van der Waals surface area contributed by atoms with E-state index in [0.717, 1.165) is 72.2 Å². The Morgan fingerprint density at radius 1 is 0.778 bits per heavy atom. The molecule has 2 N–H and O–H groups in total. The lowest BCUT2D eigenvalue weighted by Gasteiger charge is -2.22. The highest BCUT2D eigenvalue weighted by atomic mass is 15.3. The normalized spacial score (nSPS) is 17.9. The maximum Gasteiger partial charge on any atom is 0.234 e. The number of nitrogens with two attached hydrogens (primary N) is 1. The Balaban J connectivity index is 1.05. The number of aromatic nitrogens is 6. The largest absolute Gasteiger partial charge is 0.383 e. The number of nitriles is 1. The van der Waals surface area contributed by atoms with Crippen molar-refractivity contribution in [3.63, 3.8) is 0 Å². The molecule has 10 heteroatoms. The minimum Gasteiger partial charge on any atom is -0.383 e. The van der Waals surface area contributed by atoms with Gasteiger partial charge in [0.1, 0.15) is 23.2 Å². The Hall–Kier alpha value is -5.66. The number of imidazole rings is 1. The van der Waals surface area contributed by atoms with Crippen molar-refractivity contribution in [2.75, 3.05) is 36.8 Å². The molecule has 2 fully saturated rings. The van der Waals surface area contributed by atoms with Gasteiger partial charge in [-0.25, -0.2) is 24.9 Å². The van der Waals surface area contributed by atoms with Crippen molar-refractivity contribution in [2.45, 2.75) is 6.54 Å². The second-order valence-electron chi connectivity index (χ2n) is 11.7. The van der Waals surface area contributed by atoms with E-state index in [0.29, 0.717) is 23.5 Å². The molecular weight excluding hydrogens is 560 g/mol. The molecule has 0 spiro atoms. The highest BCUT2D eigenvalue weighted by molar-refractivity contribution is 5.84. The van der Waals surface area contributed by atoms with Gasteiger partial charge in [-0.3, -0.25) is 9.47 Å². The molecule has 6 aromatic rings. The first-order valence-corrected chi connectivity index (χ1v) is 15.1. The van der Waals surface area contributed by atoms with Gasteiger partial charge in [0.2, 0.25) is 5.82 Å². The molecule has 0 bridgehead atoms. The minimum atomic E-state index is 0.224. The molecule has 45 heavy (non-hydrogen) atoms. The molecule has 2 saturated heterocycles. The molecule has 10 nitrogen and oxygen atoms in total. The van der Waals surface area contributed by atoms with Gasteiger partial charge >= 0.3 is 0 Å². The van der Waals surface area contributed by atoms with Crippen LogP contribution in [0.2, 0.25) is 0 Å². The van der Waals surface area contributed by atoms with Gasteiger partial charge in [-0.2, -0.15) is 5.26 Å². The zero-order valence-electron chi connectivity index (χ0n) is 24.5. The Kier molecular flexibility index (Phi) is 6.65. The highest BCUT2D eigenvalue weighted by Gasteiger charge is 2.40. The van der Waals surface area contributed by atoms with Gasteiger partial charge in [-0.1, -0.05) is 42.5 Å². The average molecular weight is 591 g/mol. The fourth-order valence-electron chi connectivity index (χ4n) is 6.75. The Morgan fingerprint density at radius 2 is 1.58 bits per heavy atom. The fourth-order valence-corrected chi connectivity index (χ4v) is 6.75. The molecule has 6 heterocycles. The number of nitrogen functional groups attached to an aromatic ring is 1. The number of rotatable bonds is 6. The van der Waals surface area contributed by atoms with Crippen molar-refractivity contribution in [1.82, 2.24) is 34.4 Å². The lowest BCUT2D eigenvalue weighted by atomic mass is 10.0. The summed E-state index contributed by atoms with van der Waals surface area (Å²) in [6.07, 6.45) is 3.36. The third-order valence-electron chi connectivity index (χ3n) is 8.88. The second kappa shape index (κ2) is 11.1. The predicted octanol–water partition coefficient (Wildman–Crippen LogP) is 4.96. The molecule has 2 aliphatic heterocycles. The third kappa shape index (κ3) is 5.03. The zero-order chi connectivity index (χ0) is 30.3. The summed E-state index contributed by atoms with van der Waals surface area (Å²) in [5.41, 5.74) is 12.8. The van der Waals surface area contributed by atoms with Crippen LogP contribution in [0.25, 0.3) is 39.5 Å². The standard InChI is InChI=1S/C35H30N10/c36-17-31-38-16-14-32(42-31)44-21-25-19-43(20-26(25)22-44)18-23-8-10-27(11-9-23)45-34(28-7-4-15-39-33(28)37)41-30-13-12-29(40-35(30)45)24-5-2-1-3-6-24/h1-16,25-26H,18-22H2,(H2,37,39)/t25-,26?/m0/s1. The first kappa shape index (κ1) is 26.9. The SMILES string of the molecule is N#Cc1nccc(N2CC3CN(Cc4ccc(-n5c(-c6cccnc6N)nc6ccc(-c7ccccc7)nc65)cc4)C[C@H]3C2)n1. The van der Waals surface area contributed by atoms with Crippen LogP contribution in [-0.4, -0.2) is 60.6 Å². The molecule has 0 amide bonds. The molecule has 0 saturated carbocycles. The predicted molar refractivity (Wildman–Crippen MR) is 173 cm³/mol. The zero-order valence-corrected chi connectivity index (χ0v) is 24.5. The maximum absolute atomic E-state index is 9.17. The van der Waals surface area contributed by atoms with Crippen LogP contribution in [0.5, 0.6) is 0 Å². The quantitative estimate of drug-likeness (QED) is 0.286. The van der Waals surface area contributed by atoms with Crippen molar-refractivity contribution in [2.24, 2.45) is 11.8 Å². The molecule has 4 aromatic heterocycles. The van der Waals surface area contributed by atoms with Gasteiger partial charge in [0.05, 0.1) is 11.3 Å². The molecule has 220 valence electrons. The van der Waals surface area contributed by atoms with E-state index in [9.17, 15) is 5.26 Å². The van der Waals surface area contributed by atoms with Crippen LogP contribution in [0, 0.1) is 23.2 Å². The summed E-state index contributed by atoms with van der Waals surface area (Å²) in [6.45, 7) is 4.88. The number of fused-ring (bicyclic) bond motifs is 2. The molecule has 1 unspecified atom stereocenters. The Bertz CT molecular complexity index is 2030. The van der Waals surface area contributed by atoms with Gasteiger partial charge in [-0.05, 0) is 59.9 Å². The number of likely N-dealkylation sites (tertiary alicyclic amines) is 1. The van der Waals surface area contributed by atoms with E-state index in [1.807, 2.05) is 54.6 Å². The topological polar surface area (TPSA) is 126 Å². The van der Waals surface area contributed by atoms with Crippen LogP contribution >= 0.6 is 0 Å². The number of anilines is 2. The average Bonchev–Trinajstić information content (AvgIpc) is 3.77. The summed E-state index contributed by atoms with van der Waals surface area (Å²) in [4.78, 5) is 27.6. The summed E-state index contributed by atoms with van der Waals surface area (Å²) in [6, 6.07) is 30.7. The van der Waals surface area contributed by atoms with Crippen LogP contribution in [0.1, 0.15) is 11.4 Å². The van der Waals surface area contributed by atoms with Crippen molar-refractivity contribution in [3.8, 4) is 34.4 Å². The van der Waals surface area contributed by atoms with Gasteiger partial charge in [0, 0.05) is 56.4 Å². The van der Waals surface area contributed by atoms with Crippen LogP contribution in [0.3, 0.4) is 0 Å². The van der Waals surface area contributed by atoms with E-state index >= 15 is 0 Å². The van der Waals surface area contributed by atoms with Crippen molar-refractivity contribution >= 4 is 22.8 Å². The number of hydrogen-bond acceptors (Lipinski definition) is 9. The van der Waals surface area contributed by atoms with Crippen molar-refractivity contribution in [3.05, 3.63) is 109 Å². The van der Waals surface area contributed by atoms with E-state index in [1.54, 1.807) is 12.4 Å². The van der Waals surface area contributed by atoms with E-state index in [1.165, 1.54) is 5.56 Å². The monoisotopic (exact) mass is 590 g/mol. The molecular formula is C35H30N10. The van der Waals surface area contributed by atoms with Crippen LogP contribution < -0.4 is 10.6 Å². The number of benzene rings is 2. The minimum absolute atomic E-state index is 0.224. The summed E-state index contributed by atoms with van der Waals surface area (Å²) in [5, 5.41) is 9.17. The van der Waals surface area contributed by atoms with E-state index in [2.05, 4.69) is 65.7 Å². The lowest BCUT2D eigenvalue weighted by molar-refractivity contribution is 0.309. The van der Waals surface area contributed by atoms with Crippen molar-refractivity contribution in [1.29, 1.82) is 5.26 Å². The molecule has 2 atom stereocenters. The van der Waals surface area contributed by atoms with Crippen LogP contribution in [0.15, 0.2) is 97.3 Å². The smallest absolute Gasteiger partial charge is 0.234 e. The van der Waals surface area contributed by atoms with E-state index < -0.39 is 0 Å². The van der Waals surface area contributed by atoms with Gasteiger partial charge in [0.25, 0.3) is 0 Å². The Labute approximate surface area is 260 Å². The molecule has 0 radical (unpaired) electrons. The third-order valence-corrected chi connectivity index (χ3v) is 8.88. The van der Waals surface area contributed by atoms with Gasteiger partial charge < -0.3 is 10.6 Å². The van der Waals surface area contributed by atoms with E-state index in [4.69, 9.17) is 15.7 Å². The number of hydrogen-bond donors (Lipinski definition) is 1. The highest BCUT2D eigenvalue weighted by Crippen LogP contribution is 2.35. The van der Waals surface area contributed by atoms with Gasteiger partial charge in [-0.15, -0.1) is 0 Å². The van der Waals surface area contributed by atoms with E-state index in [-0.39, 0.29) is 5.82 Å². The fraction of sp³-hybridized carbons (Fsp3) is 0.200. The molecule has 0 aliphatic carbocycles. The molecule has 2 aromatic carbocycles. The molecule has 2 aliphatic rings. The number of nitrogens with zero attached hydrogens (tertiary/aromatic N) is 9. The maximum atomic E-state index is 9.17. The first-order chi connectivity index (χ1) is 22.1. The Morgan fingerprint density at radius 3 is 2.33 bits per heavy atom.